The van der Waals surface area contributed by atoms with Crippen molar-refractivity contribution in [3.05, 3.63) is 0 Å². The number of hydrogen-bond donors (Lipinski definition) is 0. The molecule has 1 unspecified atom stereocenters. The zero-order valence-corrected chi connectivity index (χ0v) is 10.6. The van der Waals surface area contributed by atoms with Gasteiger partial charge in [0.2, 0.25) is 0 Å². The van der Waals surface area contributed by atoms with Crippen molar-refractivity contribution in [1.82, 2.24) is 0 Å². The van der Waals surface area contributed by atoms with Gasteiger partial charge in [0.05, 0.1) is 0 Å². The van der Waals surface area contributed by atoms with Gasteiger partial charge in [-0.15, -0.1) is 0 Å². The third kappa shape index (κ3) is 8.67. The average Bonchev–Trinajstić information content (AvgIpc) is 2.10. The third-order valence-electron chi connectivity index (χ3n) is 2.35. The van der Waals surface area contributed by atoms with Crippen LogP contribution in [0.3, 0.4) is 0 Å². The first-order chi connectivity index (χ1) is 6.20. The SMILES string of the molecule is CCCCC(CC)CSCC(C)C. The highest BCUT2D eigenvalue weighted by Crippen LogP contribution is 2.19. The Morgan fingerprint density at radius 2 is 1.77 bits per heavy atom. The van der Waals surface area contributed by atoms with E-state index in [4.69, 9.17) is 0 Å². The molecule has 0 aliphatic rings. The van der Waals surface area contributed by atoms with E-state index in [1.165, 1.54) is 37.2 Å². The Morgan fingerprint density at radius 1 is 1.08 bits per heavy atom. The lowest BCUT2D eigenvalue weighted by molar-refractivity contribution is 0.499. The lowest BCUT2D eigenvalue weighted by Gasteiger charge is -2.14. The van der Waals surface area contributed by atoms with Gasteiger partial charge in [-0.25, -0.2) is 0 Å². The highest BCUT2D eigenvalue weighted by atomic mass is 32.2. The van der Waals surface area contributed by atoms with Gasteiger partial charge < -0.3 is 0 Å². The molecule has 0 saturated carbocycles. The van der Waals surface area contributed by atoms with Gasteiger partial charge in [0.15, 0.2) is 0 Å². The predicted octanol–water partition coefficient (Wildman–Crippen LogP) is 4.59. The molecule has 0 aromatic heterocycles. The molecule has 0 saturated heterocycles. The van der Waals surface area contributed by atoms with E-state index in [1.54, 1.807) is 0 Å². The van der Waals surface area contributed by atoms with E-state index in [1.807, 2.05) is 0 Å². The number of thioether (sulfide) groups is 1. The molecule has 0 radical (unpaired) electrons. The van der Waals surface area contributed by atoms with Crippen molar-refractivity contribution in [3.8, 4) is 0 Å². The first-order valence-corrected chi connectivity index (χ1v) is 6.93. The van der Waals surface area contributed by atoms with Crippen LogP contribution in [0.15, 0.2) is 0 Å². The summed E-state index contributed by atoms with van der Waals surface area (Å²) in [5.41, 5.74) is 0. The van der Waals surface area contributed by atoms with Gasteiger partial charge in [-0.3, -0.25) is 0 Å². The van der Waals surface area contributed by atoms with Crippen LogP contribution >= 0.6 is 11.8 Å². The van der Waals surface area contributed by atoms with E-state index < -0.39 is 0 Å². The molecule has 0 N–H and O–H groups in total. The fraction of sp³-hybridized carbons (Fsp3) is 1.00. The quantitative estimate of drug-likeness (QED) is 0.554. The van der Waals surface area contributed by atoms with Crippen molar-refractivity contribution < 1.29 is 0 Å². The highest BCUT2D eigenvalue weighted by Gasteiger charge is 2.05. The first kappa shape index (κ1) is 13.4. The van der Waals surface area contributed by atoms with E-state index in [9.17, 15) is 0 Å². The van der Waals surface area contributed by atoms with Gasteiger partial charge in [0.1, 0.15) is 0 Å². The molecule has 0 aromatic carbocycles. The summed E-state index contributed by atoms with van der Waals surface area (Å²) < 4.78 is 0. The standard InChI is InChI=1S/C12H26S/c1-5-7-8-12(6-2)10-13-9-11(3)4/h11-12H,5-10H2,1-4H3. The van der Waals surface area contributed by atoms with Gasteiger partial charge in [-0.1, -0.05) is 47.0 Å². The Balaban J connectivity index is 3.36. The number of rotatable bonds is 8. The van der Waals surface area contributed by atoms with Crippen molar-refractivity contribution in [2.45, 2.75) is 53.4 Å². The summed E-state index contributed by atoms with van der Waals surface area (Å²) >= 11 is 2.14. The summed E-state index contributed by atoms with van der Waals surface area (Å²) in [5.74, 6) is 4.55. The van der Waals surface area contributed by atoms with Crippen molar-refractivity contribution in [1.29, 1.82) is 0 Å². The van der Waals surface area contributed by atoms with Crippen LogP contribution in [0.5, 0.6) is 0 Å². The molecular weight excluding hydrogens is 176 g/mol. The maximum atomic E-state index is 2.33. The van der Waals surface area contributed by atoms with Crippen molar-refractivity contribution >= 4 is 11.8 Å². The predicted molar refractivity (Wildman–Crippen MR) is 65.5 cm³/mol. The van der Waals surface area contributed by atoms with Crippen LogP contribution in [0.4, 0.5) is 0 Å². The molecule has 0 amide bonds. The Morgan fingerprint density at radius 3 is 2.23 bits per heavy atom. The molecular formula is C12H26S. The van der Waals surface area contributed by atoms with Gasteiger partial charge >= 0.3 is 0 Å². The van der Waals surface area contributed by atoms with E-state index in [-0.39, 0.29) is 0 Å². The van der Waals surface area contributed by atoms with Crippen LogP contribution in [-0.2, 0) is 0 Å². The molecule has 0 aliphatic carbocycles. The largest absolute Gasteiger partial charge is 0.161 e. The van der Waals surface area contributed by atoms with E-state index in [2.05, 4.69) is 39.5 Å². The van der Waals surface area contributed by atoms with Crippen molar-refractivity contribution in [2.24, 2.45) is 11.8 Å². The van der Waals surface area contributed by atoms with E-state index in [0.29, 0.717) is 0 Å². The minimum atomic E-state index is 0.855. The summed E-state index contributed by atoms with van der Waals surface area (Å²) in [6, 6.07) is 0. The average molecular weight is 202 g/mol. The summed E-state index contributed by atoms with van der Waals surface area (Å²) in [4.78, 5) is 0. The van der Waals surface area contributed by atoms with Gasteiger partial charge in [0.25, 0.3) is 0 Å². The molecule has 0 spiro atoms. The Kier molecular flexibility index (Phi) is 9.17. The normalized spacial score (nSPS) is 13.6. The first-order valence-electron chi connectivity index (χ1n) is 5.78. The highest BCUT2D eigenvalue weighted by molar-refractivity contribution is 7.99. The van der Waals surface area contributed by atoms with Crippen LogP contribution in [0, 0.1) is 11.8 Å². The molecule has 80 valence electrons. The smallest absolute Gasteiger partial charge is 0.00391 e. The second kappa shape index (κ2) is 8.93. The zero-order valence-electron chi connectivity index (χ0n) is 9.81. The van der Waals surface area contributed by atoms with Gasteiger partial charge in [0, 0.05) is 0 Å². The van der Waals surface area contributed by atoms with Crippen LogP contribution in [-0.4, -0.2) is 11.5 Å². The molecule has 0 nitrogen and oxygen atoms in total. The van der Waals surface area contributed by atoms with Crippen LogP contribution in [0.2, 0.25) is 0 Å². The van der Waals surface area contributed by atoms with E-state index >= 15 is 0 Å². The number of unbranched alkanes of at least 4 members (excludes halogenated alkanes) is 1. The third-order valence-corrected chi connectivity index (χ3v) is 3.96. The minimum Gasteiger partial charge on any atom is -0.161 e. The maximum Gasteiger partial charge on any atom is -0.00391 e. The molecule has 0 fully saturated rings. The molecule has 0 rings (SSSR count). The second-order valence-corrected chi connectivity index (χ2v) is 5.42. The van der Waals surface area contributed by atoms with Crippen LogP contribution in [0.1, 0.15) is 53.4 Å². The lowest BCUT2D eigenvalue weighted by atomic mass is 10.0. The lowest BCUT2D eigenvalue weighted by Crippen LogP contribution is -2.04. The molecule has 0 bridgehead atoms. The molecule has 1 atom stereocenters. The zero-order chi connectivity index (χ0) is 10.1. The molecule has 1 heteroatoms. The van der Waals surface area contributed by atoms with E-state index in [0.717, 1.165) is 11.8 Å². The van der Waals surface area contributed by atoms with Crippen LogP contribution in [0.25, 0.3) is 0 Å². The fourth-order valence-corrected chi connectivity index (χ4v) is 2.71. The van der Waals surface area contributed by atoms with Crippen molar-refractivity contribution in [2.75, 3.05) is 11.5 Å². The van der Waals surface area contributed by atoms with Crippen LogP contribution < -0.4 is 0 Å². The second-order valence-electron chi connectivity index (χ2n) is 4.35. The monoisotopic (exact) mass is 202 g/mol. The summed E-state index contributed by atoms with van der Waals surface area (Å²) in [5, 5.41) is 0. The Bertz CT molecular complexity index is 99.3. The molecule has 0 heterocycles. The minimum absolute atomic E-state index is 0.855. The number of hydrogen-bond acceptors (Lipinski definition) is 1. The summed E-state index contributed by atoms with van der Waals surface area (Å²) in [7, 11) is 0. The molecule has 0 aliphatic heterocycles. The fourth-order valence-electron chi connectivity index (χ4n) is 1.37. The summed E-state index contributed by atoms with van der Waals surface area (Å²) in [6.07, 6.45) is 5.58. The van der Waals surface area contributed by atoms with Crippen molar-refractivity contribution in [3.63, 3.8) is 0 Å². The summed E-state index contributed by atoms with van der Waals surface area (Å²) in [6.45, 7) is 9.23. The molecule has 0 aromatic rings. The topological polar surface area (TPSA) is 0 Å². The molecule has 13 heavy (non-hydrogen) atoms. The Hall–Kier alpha value is 0.350. The maximum absolute atomic E-state index is 2.33. The Labute approximate surface area is 88.9 Å². The van der Waals surface area contributed by atoms with Gasteiger partial charge in [-0.2, -0.15) is 11.8 Å². The van der Waals surface area contributed by atoms with Gasteiger partial charge in [-0.05, 0) is 29.8 Å².